The highest BCUT2D eigenvalue weighted by molar-refractivity contribution is 7.99. The average molecular weight is 367 g/mol. The molecule has 0 N–H and O–H groups in total. The number of hydrogen-bond acceptors (Lipinski definition) is 6. The van der Waals surface area contributed by atoms with Gasteiger partial charge >= 0.3 is 0 Å². The first kappa shape index (κ1) is 17.6. The summed E-state index contributed by atoms with van der Waals surface area (Å²) in [6, 6.07) is 0. The topological polar surface area (TPSA) is 52.4 Å². The molecule has 4 rings (SSSR count). The van der Waals surface area contributed by atoms with Crippen molar-refractivity contribution in [3.8, 4) is 0 Å². The molecule has 0 radical (unpaired) electrons. The lowest BCUT2D eigenvalue weighted by Crippen LogP contribution is -2.40. The smallest absolute Gasteiger partial charge is 0.227 e. The van der Waals surface area contributed by atoms with E-state index >= 15 is 0 Å². The number of ether oxygens (including phenoxy) is 2. The molecule has 140 valence electrons. The molecule has 0 spiro atoms. The van der Waals surface area contributed by atoms with Gasteiger partial charge in [0.05, 0.1) is 0 Å². The molecule has 6 nitrogen and oxygen atoms in total. The summed E-state index contributed by atoms with van der Waals surface area (Å²) in [6.07, 6.45) is 9.07. The van der Waals surface area contributed by atoms with E-state index in [1.807, 2.05) is 18.9 Å². The van der Waals surface area contributed by atoms with Crippen molar-refractivity contribution in [2.75, 3.05) is 44.6 Å². The minimum absolute atomic E-state index is 0.337. The van der Waals surface area contributed by atoms with Crippen LogP contribution in [-0.2, 0) is 21.6 Å². The van der Waals surface area contributed by atoms with Gasteiger partial charge in [-0.15, -0.1) is 10.2 Å². The Kier molecular flexibility index (Phi) is 5.25. The summed E-state index contributed by atoms with van der Waals surface area (Å²) in [4.78, 5) is 2.44. The first-order valence-electron chi connectivity index (χ1n) is 9.60. The molecule has 3 aliphatic rings. The summed E-state index contributed by atoms with van der Waals surface area (Å²) in [5, 5.41) is 10.1. The van der Waals surface area contributed by atoms with E-state index in [4.69, 9.17) is 9.47 Å². The Balaban J connectivity index is 1.62. The number of methoxy groups -OCH3 is 1. The van der Waals surface area contributed by atoms with Crippen molar-refractivity contribution < 1.29 is 9.47 Å². The number of nitrogens with zero attached hydrogens (tertiary/aromatic N) is 4. The third-order valence-corrected chi connectivity index (χ3v) is 7.16. The number of piperidine rings is 1. The van der Waals surface area contributed by atoms with Crippen LogP contribution in [-0.4, -0.2) is 59.7 Å². The highest BCUT2D eigenvalue weighted by Gasteiger charge is 2.41. The Morgan fingerprint density at radius 1 is 1.16 bits per heavy atom. The molecular weight excluding hydrogens is 336 g/mol. The van der Waals surface area contributed by atoms with Gasteiger partial charge in [-0.2, -0.15) is 11.8 Å². The molecule has 7 heteroatoms. The van der Waals surface area contributed by atoms with E-state index in [0.717, 1.165) is 68.6 Å². The number of anilines is 1. The van der Waals surface area contributed by atoms with Gasteiger partial charge in [-0.1, -0.05) is 0 Å². The Morgan fingerprint density at radius 2 is 1.88 bits per heavy atom. The Labute approximate surface area is 154 Å². The summed E-state index contributed by atoms with van der Waals surface area (Å²) < 4.78 is 14.0. The van der Waals surface area contributed by atoms with Gasteiger partial charge in [0.1, 0.15) is 5.60 Å². The van der Waals surface area contributed by atoms with Crippen LogP contribution in [0.4, 0.5) is 5.95 Å². The Bertz CT molecular complexity index is 576. The molecule has 1 saturated carbocycles. The van der Waals surface area contributed by atoms with Crippen LogP contribution in [0.3, 0.4) is 0 Å². The van der Waals surface area contributed by atoms with Crippen molar-refractivity contribution in [3.05, 3.63) is 5.82 Å². The lowest BCUT2D eigenvalue weighted by atomic mass is 9.93. The second-order valence-corrected chi connectivity index (χ2v) is 8.75. The van der Waals surface area contributed by atoms with Crippen LogP contribution < -0.4 is 4.90 Å². The minimum atomic E-state index is -0.337. The predicted octanol–water partition coefficient (Wildman–Crippen LogP) is 2.67. The van der Waals surface area contributed by atoms with Crippen molar-refractivity contribution >= 4 is 17.7 Å². The summed E-state index contributed by atoms with van der Waals surface area (Å²) in [6.45, 7) is 4.66. The number of aromatic nitrogens is 3. The molecule has 2 aliphatic heterocycles. The SMILES string of the molecule is COC1(c2nnc(N3CCC(SC)CC3)n2CC2CC2)CCOCC1. The third kappa shape index (κ3) is 3.55. The monoisotopic (exact) mass is 366 g/mol. The fraction of sp³-hybridized carbons (Fsp3) is 0.889. The van der Waals surface area contributed by atoms with Gasteiger partial charge < -0.3 is 14.4 Å². The summed E-state index contributed by atoms with van der Waals surface area (Å²) in [5.41, 5.74) is -0.337. The third-order valence-electron chi connectivity index (χ3n) is 6.03. The van der Waals surface area contributed by atoms with Crippen LogP contribution in [0, 0.1) is 5.92 Å². The fourth-order valence-electron chi connectivity index (χ4n) is 4.10. The number of hydrogen-bond donors (Lipinski definition) is 0. The van der Waals surface area contributed by atoms with Crippen LogP contribution in [0.2, 0.25) is 0 Å². The van der Waals surface area contributed by atoms with Crippen LogP contribution in [0.1, 0.15) is 44.3 Å². The molecule has 0 unspecified atom stereocenters. The quantitative estimate of drug-likeness (QED) is 0.771. The maximum absolute atomic E-state index is 6.02. The average Bonchev–Trinajstić information content (AvgIpc) is 3.39. The zero-order chi connectivity index (χ0) is 17.3. The first-order valence-corrected chi connectivity index (χ1v) is 10.9. The van der Waals surface area contributed by atoms with E-state index in [1.54, 1.807) is 0 Å². The first-order chi connectivity index (χ1) is 12.3. The molecular formula is C18H30N4O2S. The van der Waals surface area contributed by atoms with Crippen molar-refractivity contribution in [2.24, 2.45) is 5.92 Å². The van der Waals surface area contributed by atoms with Gasteiger partial charge in [0.2, 0.25) is 5.95 Å². The van der Waals surface area contributed by atoms with E-state index in [9.17, 15) is 0 Å². The zero-order valence-electron chi connectivity index (χ0n) is 15.4. The van der Waals surface area contributed by atoms with Crippen LogP contribution >= 0.6 is 11.8 Å². The molecule has 3 heterocycles. The van der Waals surface area contributed by atoms with Gasteiger partial charge in [0.25, 0.3) is 0 Å². The number of rotatable bonds is 6. The van der Waals surface area contributed by atoms with Gasteiger partial charge in [-0.25, -0.2) is 0 Å². The van der Waals surface area contributed by atoms with Crippen molar-refractivity contribution in [1.82, 2.24) is 14.8 Å². The molecule has 0 atom stereocenters. The number of thioether (sulfide) groups is 1. The highest BCUT2D eigenvalue weighted by atomic mass is 32.2. The van der Waals surface area contributed by atoms with E-state index < -0.39 is 0 Å². The van der Waals surface area contributed by atoms with Crippen molar-refractivity contribution in [1.29, 1.82) is 0 Å². The highest BCUT2D eigenvalue weighted by Crippen LogP contribution is 2.39. The van der Waals surface area contributed by atoms with E-state index in [0.29, 0.717) is 0 Å². The second kappa shape index (κ2) is 7.45. The zero-order valence-corrected chi connectivity index (χ0v) is 16.3. The predicted molar refractivity (Wildman–Crippen MR) is 100 cm³/mol. The van der Waals surface area contributed by atoms with Crippen molar-refractivity contribution in [2.45, 2.75) is 55.9 Å². The molecule has 0 aromatic carbocycles. The van der Waals surface area contributed by atoms with Crippen molar-refractivity contribution in [3.63, 3.8) is 0 Å². The van der Waals surface area contributed by atoms with Crippen LogP contribution in [0.25, 0.3) is 0 Å². The van der Waals surface area contributed by atoms with Gasteiger partial charge in [0.15, 0.2) is 5.82 Å². The molecule has 1 aromatic rings. The summed E-state index contributed by atoms with van der Waals surface area (Å²) >= 11 is 2.00. The molecule has 1 aromatic heterocycles. The molecule has 1 aliphatic carbocycles. The summed E-state index contributed by atoms with van der Waals surface area (Å²) in [7, 11) is 1.81. The minimum Gasteiger partial charge on any atom is -0.381 e. The largest absolute Gasteiger partial charge is 0.381 e. The van der Waals surface area contributed by atoms with Crippen LogP contribution in [0.5, 0.6) is 0 Å². The maximum Gasteiger partial charge on any atom is 0.227 e. The van der Waals surface area contributed by atoms with Gasteiger partial charge in [-0.3, -0.25) is 4.57 Å². The second-order valence-electron chi connectivity index (χ2n) is 7.61. The van der Waals surface area contributed by atoms with Gasteiger partial charge in [-0.05, 0) is 37.9 Å². The van der Waals surface area contributed by atoms with Crippen LogP contribution in [0.15, 0.2) is 0 Å². The van der Waals surface area contributed by atoms with E-state index in [2.05, 4.69) is 25.9 Å². The Morgan fingerprint density at radius 3 is 2.48 bits per heavy atom. The van der Waals surface area contributed by atoms with E-state index in [1.165, 1.54) is 25.7 Å². The molecule has 2 saturated heterocycles. The molecule has 3 fully saturated rings. The standard InChI is InChI=1S/C18H30N4O2S/c1-23-18(7-11-24-12-8-18)16-19-20-17(22(16)13-14-3-4-14)21-9-5-15(25-2)6-10-21/h14-15H,3-13H2,1-2H3. The maximum atomic E-state index is 6.02. The summed E-state index contributed by atoms with van der Waals surface area (Å²) in [5.74, 6) is 2.86. The van der Waals surface area contributed by atoms with Gasteiger partial charge in [0, 0.05) is 58.0 Å². The molecule has 0 amide bonds. The molecule has 0 bridgehead atoms. The lowest BCUT2D eigenvalue weighted by molar-refractivity contribution is -0.102. The van der Waals surface area contributed by atoms with E-state index in [-0.39, 0.29) is 5.60 Å². The Hall–Kier alpha value is -0.790. The fourth-order valence-corrected chi connectivity index (χ4v) is 4.79. The molecule has 25 heavy (non-hydrogen) atoms. The normalized spacial score (nSPS) is 24.6. The lowest BCUT2D eigenvalue weighted by Gasteiger charge is -2.36.